The average Bonchev–Trinajstić information content (AvgIpc) is 3.27. The molecule has 1 heterocycles. The maximum absolute atomic E-state index is 11.9. The van der Waals surface area contributed by atoms with Gasteiger partial charge in [-0.05, 0) is 84.8 Å². The van der Waals surface area contributed by atoms with Gasteiger partial charge in [-0.3, -0.25) is 4.79 Å². The highest BCUT2D eigenvalue weighted by Gasteiger charge is 2.15. The lowest BCUT2D eigenvalue weighted by atomic mass is 9.96. The number of esters is 1. The van der Waals surface area contributed by atoms with E-state index < -0.39 is 0 Å². The molecule has 4 nitrogen and oxygen atoms in total. The molecule has 0 aliphatic carbocycles. The van der Waals surface area contributed by atoms with Gasteiger partial charge in [0.2, 0.25) is 0 Å². The minimum Gasteiger partial charge on any atom is -0.489 e. The van der Waals surface area contributed by atoms with Gasteiger partial charge in [-0.25, -0.2) is 0 Å². The molecule has 4 aromatic rings. The van der Waals surface area contributed by atoms with E-state index in [1.54, 1.807) is 25.2 Å². The molecule has 5 heteroatoms. The van der Waals surface area contributed by atoms with Crippen molar-refractivity contribution in [1.29, 1.82) is 0 Å². The van der Waals surface area contributed by atoms with Crippen LogP contribution in [-0.4, -0.2) is 12.6 Å². The van der Waals surface area contributed by atoms with Crippen LogP contribution in [0.2, 0.25) is 0 Å². The maximum Gasteiger partial charge on any atom is 0.307 e. The zero-order valence-electron chi connectivity index (χ0n) is 20.3. The number of anilines is 1. The van der Waals surface area contributed by atoms with Gasteiger partial charge < -0.3 is 15.2 Å². The lowest BCUT2D eigenvalue weighted by Crippen LogP contribution is -2.09. The summed E-state index contributed by atoms with van der Waals surface area (Å²) in [5.74, 6) is 6.36. The lowest BCUT2D eigenvalue weighted by Gasteiger charge is -2.12. The third-order valence-corrected chi connectivity index (χ3v) is 6.84. The molecule has 4 rings (SSSR count). The summed E-state index contributed by atoms with van der Waals surface area (Å²) in [5.41, 5.74) is 12.5. The minimum absolute atomic E-state index is 0.192. The van der Waals surface area contributed by atoms with E-state index >= 15 is 0 Å². The van der Waals surface area contributed by atoms with E-state index in [2.05, 4.69) is 48.4 Å². The summed E-state index contributed by atoms with van der Waals surface area (Å²) in [6.07, 6.45) is 0.240. The Kier molecular flexibility index (Phi) is 7.74. The zero-order chi connectivity index (χ0) is 24.8. The van der Waals surface area contributed by atoms with Gasteiger partial charge in [0, 0.05) is 21.3 Å². The number of carbonyl (C=O) groups is 1. The van der Waals surface area contributed by atoms with Crippen molar-refractivity contribution in [3.05, 3.63) is 82.7 Å². The molecule has 0 saturated heterocycles. The smallest absolute Gasteiger partial charge is 0.307 e. The monoisotopic (exact) mass is 483 g/mol. The van der Waals surface area contributed by atoms with E-state index in [9.17, 15) is 4.79 Å². The van der Waals surface area contributed by atoms with Crippen molar-refractivity contribution in [2.24, 2.45) is 0 Å². The van der Waals surface area contributed by atoms with E-state index in [4.69, 9.17) is 15.2 Å². The first-order valence-corrected chi connectivity index (χ1v) is 12.5. The number of benzene rings is 3. The standard InChI is InChI=1S/C30H29NO3S/c1-4-6-23(16-30(32)33-5-2)22-9-12-25(13-10-22)34-18-21-8-14-29-27(15-21)28(19-35-29)26-17-24(31)11-7-20(26)3/h7-15,17,19,23H,5,16,18,31H2,1-3H3/t23-/m0/s1. The van der Waals surface area contributed by atoms with Gasteiger partial charge in [-0.2, -0.15) is 0 Å². The fourth-order valence-corrected chi connectivity index (χ4v) is 5.02. The van der Waals surface area contributed by atoms with Gasteiger partial charge in [0.15, 0.2) is 0 Å². The maximum atomic E-state index is 11.9. The molecule has 0 aliphatic rings. The van der Waals surface area contributed by atoms with Gasteiger partial charge in [0.1, 0.15) is 12.4 Å². The Hall–Kier alpha value is -3.75. The van der Waals surface area contributed by atoms with E-state index in [1.165, 1.54) is 21.2 Å². The van der Waals surface area contributed by atoms with Crippen molar-refractivity contribution < 1.29 is 14.3 Å². The average molecular weight is 484 g/mol. The van der Waals surface area contributed by atoms with Crippen molar-refractivity contribution in [2.75, 3.05) is 12.3 Å². The highest BCUT2D eigenvalue weighted by molar-refractivity contribution is 7.17. The fraction of sp³-hybridized carbons (Fsp3) is 0.233. The summed E-state index contributed by atoms with van der Waals surface area (Å²) in [5, 5.41) is 3.40. The molecule has 178 valence electrons. The molecule has 1 atom stereocenters. The van der Waals surface area contributed by atoms with Crippen molar-refractivity contribution in [1.82, 2.24) is 0 Å². The summed E-state index contributed by atoms with van der Waals surface area (Å²) in [6, 6.07) is 20.3. The summed E-state index contributed by atoms with van der Waals surface area (Å²) < 4.78 is 12.4. The molecule has 0 spiro atoms. The quantitative estimate of drug-likeness (QED) is 0.165. The van der Waals surface area contributed by atoms with Crippen LogP contribution in [0.25, 0.3) is 21.2 Å². The van der Waals surface area contributed by atoms with Gasteiger partial charge in [-0.15, -0.1) is 17.3 Å². The topological polar surface area (TPSA) is 61.5 Å². The predicted octanol–water partition coefficient (Wildman–Crippen LogP) is 7.10. The van der Waals surface area contributed by atoms with Crippen LogP contribution in [0.1, 0.15) is 42.9 Å². The first-order chi connectivity index (χ1) is 17.0. The number of hydrogen-bond donors (Lipinski definition) is 1. The lowest BCUT2D eigenvalue weighted by molar-refractivity contribution is -0.143. The van der Waals surface area contributed by atoms with Crippen LogP contribution >= 0.6 is 11.3 Å². The largest absolute Gasteiger partial charge is 0.489 e. The van der Waals surface area contributed by atoms with E-state index in [0.717, 1.165) is 28.1 Å². The summed E-state index contributed by atoms with van der Waals surface area (Å²) >= 11 is 1.74. The number of nitrogens with two attached hydrogens (primary N) is 1. The minimum atomic E-state index is -0.239. The molecular formula is C30H29NO3S. The summed E-state index contributed by atoms with van der Waals surface area (Å²) in [4.78, 5) is 11.9. The number of thiophene rings is 1. The van der Waals surface area contributed by atoms with E-state index in [-0.39, 0.29) is 18.3 Å². The van der Waals surface area contributed by atoms with Crippen LogP contribution in [0, 0.1) is 18.8 Å². The van der Waals surface area contributed by atoms with Crippen LogP contribution < -0.4 is 10.5 Å². The highest BCUT2D eigenvalue weighted by atomic mass is 32.1. The third-order valence-electron chi connectivity index (χ3n) is 5.87. The molecule has 35 heavy (non-hydrogen) atoms. The Morgan fingerprint density at radius 1 is 1.06 bits per heavy atom. The molecular weight excluding hydrogens is 454 g/mol. The van der Waals surface area contributed by atoms with Crippen molar-refractivity contribution in [3.63, 3.8) is 0 Å². The number of hydrogen-bond acceptors (Lipinski definition) is 5. The predicted molar refractivity (Wildman–Crippen MR) is 145 cm³/mol. The van der Waals surface area contributed by atoms with Crippen LogP contribution in [0.15, 0.2) is 66.0 Å². The molecule has 2 N–H and O–H groups in total. The number of nitrogen functional groups attached to an aromatic ring is 1. The van der Waals surface area contributed by atoms with Gasteiger partial charge >= 0.3 is 5.97 Å². The van der Waals surface area contributed by atoms with Crippen LogP contribution in [0.4, 0.5) is 5.69 Å². The molecule has 1 aromatic heterocycles. The Bertz CT molecular complexity index is 1390. The summed E-state index contributed by atoms with van der Waals surface area (Å²) in [7, 11) is 0. The van der Waals surface area contributed by atoms with Crippen LogP contribution in [-0.2, 0) is 16.1 Å². The second-order valence-corrected chi connectivity index (χ2v) is 9.28. The van der Waals surface area contributed by atoms with Gasteiger partial charge in [0.05, 0.1) is 18.9 Å². The van der Waals surface area contributed by atoms with Crippen LogP contribution in [0.5, 0.6) is 5.75 Å². The SMILES string of the molecule is CC#C[C@@H](CC(=O)OCC)c1ccc(OCc2ccc3scc(-c4cc(N)ccc4C)c3c2)cc1. The first-order valence-electron chi connectivity index (χ1n) is 11.7. The molecule has 0 fully saturated rings. The van der Waals surface area contributed by atoms with Crippen LogP contribution in [0.3, 0.4) is 0 Å². The summed E-state index contributed by atoms with van der Waals surface area (Å²) in [6.45, 7) is 6.52. The van der Waals surface area contributed by atoms with Crippen molar-refractivity contribution in [3.8, 4) is 28.7 Å². The fourth-order valence-electron chi connectivity index (χ4n) is 4.08. The number of aryl methyl sites for hydroxylation is 1. The van der Waals surface area contributed by atoms with Gasteiger partial charge in [-0.1, -0.05) is 30.2 Å². The molecule has 0 unspecified atom stereocenters. The van der Waals surface area contributed by atoms with E-state index in [0.29, 0.717) is 13.2 Å². The number of ether oxygens (including phenoxy) is 2. The molecule has 0 bridgehead atoms. The Morgan fingerprint density at radius 3 is 2.60 bits per heavy atom. The second-order valence-electron chi connectivity index (χ2n) is 8.37. The van der Waals surface area contributed by atoms with E-state index in [1.807, 2.05) is 36.4 Å². The molecule has 0 aliphatic heterocycles. The Labute approximate surface area is 210 Å². The normalized spacial score (nSPS) is 11.5. The number of carbonyl (C=O) groups excluding carboxylic acids is 1. The number of rotatable bonds is 8. The second kappa shape index (κ2) is 11.1. The molecule has 0 saturated carbocycles. The van der Waals surface area contributed by atoms with Gasteiger partial charge in [0.25, 0.3) is 0 Å². The molecule has 0 amide bonds. The highest BCUT2D eigenvalue weighted by Crippen LogP contribution is 2.37. The van der Waals surface area contributed by atoms with Crippen molar-refractivity contribution >= 4 is 33.1 Å². The van der Waals surface area contributed by atoms with Crippen molar-refractivity contribution in [2.45, 2.75) is 39.7 Å². The molecule has 0 radical (unpaired) electrons. The zero-order valence-corrected chi connectivity index (χ0v) is 21.1. The Morgan fingerprint density at radius 2 is 1.86 bits per heavy atom. The Balaban J connectivity index is 1.49. The third kappa shape index (κ3) is 5.85. The molecule has 3 aromatic carbocycles. The number of fused-ring (bicyclic) bond motifs is 1. The first kappa shape index (κ1) is 24.4.